The number of amides is 3. The monoisotopic (exact) mass is 566 g/mol. The van der Waals surface area contributed by atoms with Crippen molar-refractivity contribution in [1.82, 2.24) is 14.8 Å². The first-order chi connectivity index (χ1) is 19.4. The fraction of sp³-hybridized carbons (Fsp3) is 0.276. The predicted octanol–water partition coefficient (Wildman–Crippen LogP) is 4.86. The summed E-state index contributed by atoms with van der Waals surface area (Å²) in [6.07, 6.45) is -5.49. The molecule has 0 N–H and O–H groups in total. The number of halogens is 4. The molecule has 1 aromatic heterocycles. The zero-order chi connectivity index (χ0) is 29.5. The number of benzene rings is 2. The Bertz CT molecular complexity index is 1580. The smallest absolute Gasteiger partial charge is 0.418 e. The molecule has 1 aliphatic carbocycles. The maximum Gasteiger partial charge on any atom is 0.418 e. The number of alkyl halides is 3. The van der Waals surface area contributed by atoms with E-state index < -0.39 is 54.6 Å². The zero-order valence-corrected chi connectivity index (χ0v) is 21.6. The van der Waals surface area contributed by atoms with Gasteiger partial charge in [-0.05, 0) is 54.8 Å². The fourth-order valence-electron chi connectivity index (χ4n) is 5.10. The molecule has 2 aromatic carbocycles. The van der Waals surface area contributed by atoms with E-state index in [9.17, 15) is 31.9 Å². The number of hydrogen-bond acceptors (Lipinski definition) is 6. The van der Waals surface area contributed by atoms with Crippen molar-refractivity contribution in [3.05, 3.63) is 88.9 Å². The molecule has 1 saturated heterocycles. The van der Waals surface area contributed by atoms with Crippen LogP contribution < -0.4 is 0 Å². The van der Waals surface area contributed by atoms with Gasteiger partial charge in [0, 0.05) is 24.1 Å². The van der Waals surface area contributed by atoms with Gasteiger partial charge in [0.05, 0.1) is 5.69 Å². The van der Waals surface area contributed by atoms with Gasteiger partial charge in [-0.1, -0.05) is 30.3 Å². The molecule has 12 heteroatoms. The molecule has 5 rings (SSSR count). The summed E-state index contributed by atoms with van der Waals surface area (Å²) in [6, 6.07) is 14.4. The second-order valence-corrected chi connectivity index (χ2v) is 9.84. The highest BCUT2D eigenvalue weighted by molar-refractivity contribution is 6.06. The van der Waals surface area contributed by atoms with Crippen molar-refractivity contribution in [2.24, 2.45) is 0 Å². The predicted molar refractivity (Wildman–Crippen MR) is 135 cm³/mol. The standard InChI is InChI=1S/C29H22F4N4O4/c1-17(29(31,32)33)36(15-18-5-8-21(30)9-6-18)25(38)16-37-26(39)28(41-27(37)40)12-11-19-13-20(7-10-23(19)28)24-4-2-3-22(14-34)35-24/h2-10,13,17H,11-12,15-16H2,1H3/t17-,28+/m0/s1. The highest BCUT2D eigenvalue weighted by Gasteiger charge is 2.58. The Morgan fingerprint density at radius 2 is 1.90 bits per heavy atom. The van der Waals surface area contributed by atoms with Crippen LogP contribution in [0.15, 0.2) is 60.7 Å². The second kappa shape index (κ2) is 10.3. The Morgan fingerprint density at radius 3 is 2.59 bits per heavy atom. The molecule has 1 fully saturated rings. The Balaban J connectivity index is 1.39. The lowest BCUT2D eigenvalue weighted by atomic mass is 9.93. The molecule has 2 heterocycles. The number of rotatable bonds is 6. The van der Waals surface area contributed by atoms with Gasteiger partial charge in [0.15, 0.2) is 0 Å². The van der Waals surface area contributed by atoms with Gasteiger partial charge < -0.3 is 9.64 Å². The maximum atomic E-state index is 13.7. The van der Waals surface area contributed by atoms with Crippen LogP contribution in [0.5, 0.6) is 0 Å². The van der Waals surface area contributed by atoms with E-state index >= 15 is 0 Å². The molecule has 0 saturated carbocycles. The number of nitrogens with zero attached hydrogens (tertiary/aromatic N) is 4. The lowest BCUT2D eigenvalue weighted by Gasteiger charge is -2.31. The Labute approximate surface area is 231 Å². The number of nitriles is 1. The third-order valence-corrected chi connectivity index (χ3v) is 7.34. The number of ether oxygens (including phenoxy) is 1. The van der Waals surface area contributed by atoms with Crippen LogP contribution in [0.25, 0.3) is 11.3 Å². The molecule has 0 radical (unpaired) electrons. The third-order valence-electron chi connectivity index (χ3n) is 7.34. The molecule has 0 unspecified atom stereocenters. The quantitative estimate of drug-likeness (QED) is 0.395. The molecule has 3 aromatic rings. The van der Waals surface area contributed by atoms with E-state index in [0.29, 0.717) is 38.6 Å². The molecule has 0 bridgehead atoms. The van der Waals surface area contributed by atoms with Crippen molar-refractivity contribution < 1.29 is 36.7 Å². The summed E-state index contributed by atoms with van der Waals surface area (Å²) in [5.74, 6) is -2.56. The lowest BCUT2D eigenvalue weighted by molar-refractivity contribution is -0.187. The third kappa shape index (κ3) is 5.11. The molecule has 2 aliphatic rings. The average Bonchev–Trinajstić information content (AvgIpc) is 3.43. The fourth-order valence-corrected chi connectivity index (χ4v) is 5.10. The molecule has 8 nitrogen and oxygen atoms in total. The van der Waals surface area contributed by atoms with Crippen molar-refractivity contribution in [1.29, 1.82) is 5.26 Å². The minimum Gasteiger partial charge on any atom is -0.427 e. The van der Waals surface area contributed by atoms with E-state index in [-0.39, 0.29) is 17.7 Å². The summed E-state index contributed by atoms with van der Waals surface area (Å²) in [5.41, 5.74) is 1.09. The molecule has 1 spiro atoms. The molecule has 2 atom stereocenters. The number of fused-ring (bicyclic) bond motifs is 2. The van der Waals surface area contributed by atoms with E-state index in [1.807, 2.05) is 6.07 Å². The Morgan fingerprint density at radius 1 is 1.17 bits per heavy atom. The normalized spacial score (nSPS) is 18.7. The number of aromatic nitrogens is 1. The van der Waals surface area contributed by atoms with Crippen LogP contribution in [0.4, 0.5) is 22.4 Å². The van der Waals surface area contributed by atoms with Gasteiger partial charge in [-0.25, -0.2) is 19.1 Å². The van der Waals surface area contributed by atoms with Crippen molar-refractivity contribution in [2.75, 3.05) is 6.54 Å². The topological polar surface area (TPSA) is 104 Å². The summed E-state index contributed by atoms with van der Waals surface area (Å²) in [4.78, 5) is 44.9. The van der Waals surface area contributed by atoms with E-state index in [1.54, 1.807) is 36.4 Å². The van der Waals surface area contributed by atoms with Gasteiger partial charge in [-0.15, -0.1) is 0 Å². The Kier molecular flexibility index (Phi) is 6.98. The minimum absolute atomic E-state index is 0.0883. The summed E-state index contributed by atoms with van der Waals surface area (Å²) in [5, 5.41) is 9.13. The summed E-state index contributed by atoms with van der Waals surface area (Å²) >= 11 is 0. The van der Waals surface area contributed by atoms with E-state index in [0.717, 1.165) is 19.1 Å². The number of pyridine rings is 1. The lowest BCUT2D eigenvalue weighted by Crippen LogP contribution is -2.51. The highest BCUT2D eigenvalue weighted by atomic mass is 19.4. The molecular weight excluding hydrogens is 544 g/mol. The van der Waals surface area contributed by atoms with Crippen LogP contribution in [0.2, 0.25) is 0 Å². The van der Waals surface area contributed by atoms with Gasteiger partial charge in [0.2, 0.25) is 11.5 Å². The number of carbonyl (C=O) groups is 3. The van der Waals surface area contributed by atoms with E-state index in [1.165, 1.54) is 12.1 Å². The van der Waals surface area contributed by atoms with Crippen molar-refractivity contribution in [3.63, 3.8) is 0 Å². The van der Waals surface area contributed by atoms with Crippen LogP contribution >= 0.6 is 0 Å². The summed E-state index contributed by atoms with van der Waals surface area (Å²) in [7, 11) is 0. The first-order valence-corrected chi connectivity index (χ1v) is 12.6. The van der Waals surface area contributed by atoms with Crippen LogP contribution in [0.1, 0.15) is 35.7 Å². The van der Waals surface area contributed by atoms with Gasteiger partial charge in [-0.2, -0.15) is 18.4 Å². The van der Waals surface area contributed by atoms with Crippen molar-refractivity contribution in [3.8, 4) is 17.3 Å². The van der Waals surface area contributed by atoms with Gasteiger partial charge in [0.1, 0.15) is 30.2 Å². The van der Waals surface area contributed by atoms with E-state index in [2.05, 4.69) is 4.98 Å². The SMILES string of the molecule is C[C@H](N(Cc1ccc(F)cc1)C(=O)CN1C(=O)O[C@@]2(CCc3cc(-c4cccc(C#N)n4)ccc32)C1=O)C(F)(F)F. The first-order valence-electron chi connectivity index (χ1n) is 12.6. The largest absolute Gasteiger partial charge is 0.427 e. The van der Waals surface area contributed by atoms with Crippen molar-refractivity contribution >= 4 is 17.9 Å². The molecule has 3 amide bonds. The zero-order valence-electron chi connectivity index (χ0n) is 21.6. The van der Waals surface area contributed by atoms with Gasteiger partial charge in [-0.3, -0.25) is 9.59 Å². The van der Waals surface area contributed by atoms with Crippen molar-refractivity contribution in [2.45, 2.75) is 44.1 Å². The maximum absolute atomic E-state index is 13.7. The molecular formula is C29H22F4N4O4. The first kappa shape index (κ1) is 27.8. The van der Waals surface area contributed by atoms with Crippen LogP contribution in [-0.2, 0) is 32.9 Å². The van der Waals surface area contributed by atoms with Crippen LogP contribution in [0.3, 0.4) is 0 Å². The number of carbonyl (C=O) groups excluding carboxylic acids is 3. The average molecular weight is 567 g/mol. The molecule has 210 valence electrons. The number of imide groups is 1. The van der Waals surface area contributed by atoms with Crippen LogP contribution in [0, 0.1) is 17.1 Å². The molecule has 41 heavy (non-hydrogen) atoms. The molecule has 1 aliphatic heterocycles. The second-order valence-electron chi connectivity index (χ2n) is 9.84. The van der Waals surface area contributed by atoms with Gasteiger partial charge >= 0.3 is 12.3 Å². The van der Waals surface area contributed by atoms with E-state index in [4.69, 9.17) is 10.00 Å². The highest BCUT2D eigenvalue weighted by Crippen LogP contribution is 2.46. The minimum atomic E-state index is -4.80. The van der Waals surface area contributed by atoms with Crippen LogP contribution in [-0.4, -0.2) is 51.5 Å². The summed E-state index contributed by atoms with van der Waals surface area (Å²) in [6.45, 7) is -0.688. The number of aryl methyl sites for hydroxylation is 1. The number of hydrogen-bond donors (Lipinski definition) is 0. The summed E-state index contributed by atoms with van der Waals surface area (Å²) < 4.78 is 59.8. The Hall–Kier alpha value is -4.79. The van der Waals surface area contributed by atoms with Gasteiger partial charge in [0.25, 0.3) is 5.91 Å².